The fraction of sp³-hybridized carbons (Fsp3) is 0.333. The summed E-state index contributed by atoms with van der Waals surface area (Å²) in [7, 11) is 0. The lowest BCUT2D eigenvalue weighted by molar-refractivity contribution is -0.138. The number of nitrogens with one attached hydrogen (secondary N) is 2. The topological polar surface area (TPSA) is 78.4 Å². The molecule has 0 saturated heterocycles. The molecule has 0 aromatic heterocycles. The Labute approximate surface area is 241 Å². The van der Waals surface area contributed by atoms with Crippen molar-refractivity contribution in [2.75, 3.05) is 6.54 Å². The van der Waals surface area contributed by atoms with Gasteiger partial charge in [0.2, 0.25) is 0 Å². The highest BCUT2D eigenvalue weighted by Crippen LogP contribution is 2.39. The SMILES string of the molecule is O=C(O)CCCCCc1cc(C(Cc2ccccc2)(NC(=O)NCC(F)(F)F)c2cc(F)cc(C(F)(F)F)c2)ccc1F. The van der Waals surface area contributed by atoms with E-state index in [1.165, 1.54) is 6.07 Å². The van der Waals surface area contributed by atoms with Crippen LogP contribution in [0.25, 0.3) is 0 Å². The molecule has 0 bridgehead atoms. The second-order valence-electron chi connectivity index (χ2n) is 9.98. The van der Waals surface area contributed by atoms with Crippen molar-refractivity contribution >= 4 is 12.0 Å². The quantitative estimate of drug-likeness (QED) is 0.146. The van der Waals surface area contributed by atoms with Crippen molar-refractivity contribution in [2.24, 2.45) is 0 Å². The molecule has 3 N–H and O–H groups in total. The van der Waals surface area contributed by atoms with E-state index >= 15 is 0 Å². The minimum absolute atomic E-state index is 0.0147. The normalized spacial score (nSPS) is 13.3. The summed E-state index contributed by atoms with van der Waals surface area (Å²) >= 11 is 0. The van der Waals surface area contributed by atoms with E-state index in [2.05, 4.69) is 5.32 Å². The number of hydrogen-bond acceptors (Lipinski definition) is 2. The Bertz CT molecular complexity index is 1410. The fourth-order valence-electron chi connectivity index (χ4n) is 4.68. The van der Waals surface area contributed by atoms with E-state index in [0.717, 1.165) is 18.2 Å². The molecule has 1 atom stereocenters. The van der Waals surface area contributed by atoms with E-state index in [9.17, 15) is 44.7 Å². The Morgan fingerprint density at radius 2 is 1.44 bits per heavy atom. The molecular weight excluding hydrogens is 588 g/mol. The van der Waals surface area contributed by atoms with E-state index in [1.54, 1.807) is 35.6 Å². The van der Waals surface area contributed by atoms with Crippen molar-refractivity contribution in [2.45, 2.75) is 56.4 Å². The van der Waals surface area contributed by atoms with Gasteiger partial charge in [0.1, 0.15) is 18.2 Å². The number of carboxylic acids is 1. The lowest BCUT2D eigenvalue weighted by Crippen LogP contribution is -2.53. The third kappa shape index (κ3) is 9.69. The molecule has 0 aliphatic heterocycles. The summed E-state index contributed by atoms with van der Waals surface area (Å²) < 4.78 is 110. The molecule has 3 aromatic rings. The summed E-state index contributed by atoms with van der Waals surface area (Å²) in [5.74, 6) is -3.02. The fourth-order valence-corrected chi connectivity index (χ4v) is 4.68. The summed E-state index contributed by atoms with van der Waals surface area (Å²) in [5, 5.41) is 12.8. The van der Waals surface area contributed by atoms with Gasteiger partial charge in [-0.2, -0.15) is 26.3 Å². The van der Waals surface area contributed by atoms with Gasteiger partial charge < -0.3 is 15.7 Å². The number of carbonyl (C=O) groups excluding carboxylic acids is 1. The Balaban J connectivity index is 2.20. The van der Waals surface area contributed by atoms with Gasteiger partial charge in [-0.3, -0.25) is 4.79 Å². The van der Waals surface area contributed by atoms with Crippen LogP contribution in [0.4, 0.5) is 39.9 Å². The molecule has 43 heavy (non-hydrogen) atoms. The van der Waals surface area contributed by atoms with Crippen molar-refractivity contribution in [1.82, 2.24) is 10.6 Å². The monoisotopic (exact) mass is 616 g/mol. The average Bonchev–Trinajstić information content (AvgIpc) is 2.91. The largest absolute Gasteiger partial charge is 0.481 e. The predicted molar refractivity (Wildman–Crippen MR) is 141 cm³/mol. The summed E-state index contributed by atoms with van der Waals surface area (Å²) in [5.41, 5.74) is -3.49. The van der Waals surface area contributed by atoms with Crippen LogP contribution in [0.2, 0.25) is 0 Å². The van der Waals surface area contributed by atoms with Crippen molar-refractivity contribution < 1.29 is 49.8 Å². The first-order valence-corrected chi connectivity index (χ1v) is 13.1. The first-order chi connectivity index (χ1) is 20.1. The van der Waals surface area contributed by atoms with Gasteiger partial charge in [0.25, 0.3) is 0 Å². The van der Waals surface area contributed by atoms with E-state index in [4.69, 9.17) is 5.11 Å². The van der Waals surface area contributed by atoms with Crippen LogP contribution in [0.3, 0.4) is 0 Å². The van der Waals surface area contributed by atoms with Crippen molar-refractivity contribution in [3.63, 3.8) is 0 Å². The number of aryl methyl sites for hydroxylation is 1. The van der Waals surface area contributed by atoms with Crippen LogP contribution in [0.1, 0.15) is 53.5 Å². The van der Waals surface area contributed by atoms with Crippen LogP contribution in [-0.2, 0) is 29.4 Å². The number of halogens is 8. The number of aliphatic carboxylic acids is 1. The van der Waals surface area contributed by atoms with E-state index in [-0.39, 0.29) is 36.5 Å². The average molecular weight is 617 g/mol. The summed E-state index contributed by atoms with van der Waals surface area (Å²) in [6.07, 6.45) is -9.11. The molecule has 0 aliphatic rings. The second-order valence-corrected chi connectivity index (χ2v) is 9.98. The summed E-state index contributed by atoms with van der Waals surface area (Å²) in [6.45, 7) is -1.76. The highest BCUT2D eigenvalue weighted by molar-refractivity contribution is 5.76. The van der Waals surface area contributed by atoms with Gasteiger partial charge in [-0.05, 0) is 65.8 Å². The number of alkyl halides is 6. The molecular formula is C30H28F8N2O3. The summed E-state index contributed by atoms with van der Waals surface area (Å²) in [6, 6.07) is 11.5. The molecule has 0 fully saturated rings. The maximum Gasteiger partial charge on any atom is 0.416 e. The van der Waals surface area contributed by atoms with Gasteiger partial charge in [0, 0.05) is 12.8 Å². The molecule has 0 radical (unpaired) electrons. The Hall–Kier alpha value is -4.16. The number of unbranched alkanes of at least 4 members (excludes halogenated alkanes) is 2. The van der Waals surface area contributed by atoms with E-state index in [0.29, 0.717) is 30.9 Å². The standard InChI is InChI=1S/C30H28F8N2O3/c31-24-15-22(14-23(16-24)30(36,37)38)28(17-19-7-3-1-4-8-19,40-27(43)39-18-29(33,34)35)21-11-12-25(32)20(13-21)9-5-2-6-10-26(41)42/h1,3-4,7-8,11-16H,2,5-6,9-10,17-18H2,(H,41,42)(H2,39,40,43). The van der Waals surface area contributed by atoms with Gasteiger partial charge in [0.15, 0.2) is 0 Å². The molecule has 0 aliphatic carbocycles. The minimum atomic E-state index is -5.02. The molecule has 0 spiro atoms. The Morgan fingerprint density at radius 1 is 0.767 bits per heavy atom. The number of amides is 2. The molecule has 3 rings (SSSR count). The van der Waals surface area contributed by atoms with Crippen LogP contribution < -0.4 is 10.6 Å². The van der Waals surface area contributed by atoms with Crippen LogP contribution in [0, 0.1) is 11.6 Å². The van der Waals surface area contributed by atoms with Gasteiger partial charge in [0.05, 0.1) is 11.1 Å². The van der Waals surface area contributed by atoms with Gasteiger partial charge >= 0.3 is 24.4 Å². The number of benzene rings is 3. The van der Waals surface area contributed by atoms with Gasteiger partial charge in [-0.25, -0.2) is 13.6 Å². The maximum absolute atomic E-state index is 14.9. The van der Waals surface area contributed by atoms with Crippen molar-refractivity contribution in [3.05, 3.63) is 106 Å². The highest BCUT2D eigenvalue weighted by atomic mass is 19.4. The zero-order valence-corrected chi connectivity index (χ0v) is 22.6. The Kier molecular flexibility index (Phi) is 10.8. The molecule has 232 valence electrons. The van der Waals surface area contributed by atoms with E-state index < -0.39 is 59.2 Å². The number of hydrogen-bond donors (Lipinski definition) is 3. The van der Waals surface area contributed by atoms with Crippen molar-refractivity contribution in [3.8, 4) is 0 Å². The number of carboxylic acid groups (broad SMARTS) is 1. The van der Waals surface area contributed by atoms with Crippen LogP contribution in [-0.4, -0.2) is 29.8 Å². The molecule has 3 aromatic carbocycles. The maximum atomic E-state index is 14.9. The molecule has 0 heterocycles. The first-order valence-electron chi connectivity index (χ1n) is 13.1. The molecule has 0 saturated carbocycles. The first kappa shape index (κ1) is 33.3. The van der Waals surface area contributed by atoms with Crippen LogP contribution in [0.15, 0.2) is 66.7 Å². The zero-order valence-electron chi connectivity index (χ0n) is 22.6. The third-order valence-electron chi connectivity index (χ3n) is 6.68. The molecule has 1 unspecified atom stereocenters. The van der Waals surface area contributed by atoms with E-state index in [1.807, 2.05) is 0 Å². The smallest absolute Gasteiger partial charge is 0.416 e. The van der Waals surface area contributed by atoms with Gasteiger partial charge in [-0.15, -0.1) is 0 Å². The second kappa shape index (κ2) is 13.9. The predicted octanol–water partition coefficient (Wildman–Crippen LogP) is 7.52. The van der Waals surface area contributed by atoms with Crippen LogP contribution >= 0.6 is 0 Å². The third-order valence-corrected chi connectivity index (χ3v) is 6.68. The van der Waals surface area contributed by atoms with Gasteiger partial charge in [-0.1, -0.05) is 48.9 Å². The number of rotatable bonds is 12. The molecule has 13 heteroatoms. The highest BCUT2D eigenvalue weighted by Gasteiger charge is 2.41. The lowest BCUT2D eigenvalue weighted by atomic mass is 9.76. The molecule has 2 amide bonds. The van der Waals surface area contributed by atoms with Crippen LogP contribution in [0.5, 0.6) is 0 Å². The number of carbonyl (C=O) groups is 2. The molecule has 5 nitrogen and oxygen atoms in total. The Morgan fingerprint density at radius 3 is 2.07 bits per heavy atom. The summed E-state index contributed by atoms with van der Waals surface area (Å²) in [4.78, 5) is 23.7. The van der Waals surface area contributed by atoms with Crippen molar-refractivity contribution in [1.29, 1.82) is 0 Å². The number of urea groups is 1. The zero-order chi connectivity index (χ0) is 31.8. The minimum Gasteiger partial charge on any atom is -0.481 e. The lowest BCUT2D eigenvalue weighted by Gasteiger charge is -2.37.